The van der Waals surface area contributed by atoms with Crippen LogP contribution >= 0.6 is 11.6 Å². The lowest BCUT2D eigenvalue weighted by Crippen LogP contribution is -2.35. The Labute approximate surface area is 89.7 Å². The van der Waals surface area contributed by atoms with Crippen molar-refractivity contribution < 1.29 is 5.11 Å². The van der Waals surface area contributed by atoms with Crippen LogP contribution in [0.3, 0.4) is 0 Å². The van der Waals surface area contributed by atoms with Crippen molar-refractivity contribution >= 4 is 11.6 Å². The third-order valence-corrected chi connectivity index (χ3v) is 3.64. The molecule has 0 bridgehead atoms. The summed E-state index contributed by atoms with van der Waals surface area (Å²) in [5, 5.41) is 10.2. The van der Waals surface area contributed by atoms with E-state index >= 15 is 0 Å². The van der Waals surface area contributed by atoms with E-state index in [1.54, 1.807) is 0 Å². The maximum absolute atomic E-state index is 9.35. The number of rotatable bonds is 3. The predicted molar refractivity (Wildman–Crippen MR) is 58.5 cm³/mol. The van der Waals surface area contributed by atoms with Crippen LogP contribution in [0.15, 0.2) is 24.3 Å². The van der Waals surface area contributed by atoms with Gasteiger partial charge in [0, 0.05) is 11.6 Å². The second-order valence-electron chi connectivity index (χ2n) is 4.28. The van der Waals surface area contributed by atoms with Crippen LogP contribution in [-0.2, 0) is 6.42 Å². The molecular weight excluding hydrogens is 196 g/mol. The monoisotopic (exact) mass is 210 g/mol. The van der Waals surface area contributed by atoms with Gasteiger partial charge in [0.25, 0.3) is 0 Å². The Kier molecular flexibility index (Phi) is 2.80. The highest BCUT2D eigenvalue weighted by Gasteiger charge is 2.36. The van der Waals surface area contributed by atoms with Gasteiger partial charge in [0.15, 0.2) is 0 Å². The number of aliphatic hydroxyl groups excluding tert-OH is 1. The zero-order valence-electron chi connectivity index (χ0n) is 8.17. The van der Waals surface area contributed by atoms with Crippen LogP contribution in [0, 0.1) is 5.41 Å². The molecule has 14 heavy (non-hydrogen) atoms. The summed E-state index contributed by atoms with van der Waals surface area (Å²) >= 11 is 6.09. The molecule has 0 heterocycles. The average molecular weight is 211 g/mol. The van der Waals surface area contributed by atoms with E-state index in [0.29, 0.717) is 0 Å². The maximum Gasteiger partial charge on any atom is 0.0490 e. The molecule has 1 saturated carbocycles. The highest BCUT2D eigenvalue weighted by molar-refractivity contribution is 6.31. The molecule has 1 fully saturated rings. The Bertz CT molecular complexity index is 312. The van der Waals surface area contributed by atoms with Gasteiger partial charge in [-0.05, 0) is 36.3 Å². The Morgan fingerprint density at radius 3 is 2.50 bits per heavy atom. The summed E-state index contributed by atoms with van der Waals surface area (Å²) < 4.78 is 0. The Balaban J connectivity index is 2.13. The second-order valence-corrected chi connectivity index (χ2v) is 4.69. The van der Waals surface area contributed by atoms with Gasteiger partial charge in [0.1, 0.15) is 0 Å². The predicted octanol–water partition coefficient (Wildman–Crippen LogP) is 3.05. The highest BCUT2D eigenvalue weighted by Crippen LogP contribution is 2.43. The normalized spacial score (nSPS) is 19.0. The minimum Gasteiger partial charge on any atom is -0.396 e. The zero-order valence-corrected chi connectivity index (χ0v) is 8.93. The van der Waals surface area contributed by atoms with E-state index in [0.717, 1.165) is 24.3 Å². The van der Waals surface area contributed by atoms with Crippen LogP contribution < -0.4 is 0 Å². The van der Waals surface area contributed by atoms with Crippen LogP contribution in [0.4, 0.5) is 0 Å². The van der Waals surface area contributed by atoms with Gasteiger partial charge in [-0.1, -0.05) is 36.2 Å². The van der Waals surface area contributed by atoms with Gasteiger partial charge in [-0.2, -0.15) is 0 Å². The van der Waals surface area contributed by atoms with Gasteiger partial charge in [0.05, 0.1) is 0 Å². The molecule has 1 N–H and O–H groups in total. The van der Waals surface area contributed by atoms with Crippen molar-refractivity contribution in [1.29, 1.82) is 0 Å². The summed E-state index contributed by atoms with van der Waals surface area (Å²) in [5.74, 6) is 0. The van der Waals surface area contributed by atoms with Crippen LogP contribution in [0.25, 0.3) is 0 Å². The minimum absolute atomic E-state index is 0.130. The molecule has 2 rings (SSSR count). The molecule has 0 saturated heterocycles. The molecule has 1 aliphatic carbocycles. The van der Waals surface area contributed by atoms with E-state index in [1.165, 1.54) is 12.0 Å². The smallest absolute Gasteiger partial charge is 0.0490 e. The quantitative estimate of drug-likeness (QED) is 0.813. The fraction of sp³-hybridized carbons (Fsp3) is 0.500. The maximum atomic E-state index is 9.35. The molecule has 0 spiro atoms. The zero-order chi connectivity index (χ0) is 10.0. The molecule has 0 atom stereocenters. The summed E-state index contributed by atoms with van der Waals surface area (Å²) in [6, 6.07) is 7.92. The fourth-order valence-electron chi connectivity index (χ4n) is 2.11. The van der Waals surface area contributed by atoms with E-state index in [9.17, 15) is 5.11 Å². The van der Waals surface area contributed by atoms with Crippen molar-refractivity contribution in [2.75, 3.05) is 6.61 Å². The van der Waals surface area contributed by atoms with Gasteiger partial charge >= 0.3 is 0 Å². The molecule has 1 nitrogen and oxygen atoms in total. The van der Waals surface area contributed by atoms with Crippen molar-refractivity contribution in [2.24, 2.45) is 5.41 Å². The molecule has 2 heteroatoms. The molecule has 1 aromatic rings. The van der Waals surface area contributed by atoms with Crippen LogP contribution in [0.1, 0.15) is 24.8 Å². The first kappa shape index (κ1) is 10.0. The van der Waals surface area contributed by atoms with E-state index in [1.807, 2.05) is 18.2 Å². The van der Waals surface area contributed by atoms with E-state index < -0.39 is 0 Å². The lowest BCUT2D eigenvalue weighted by Gasteiger charge is -2.40. The topological polar surface area (TPSA) is 20.2 Å². The Morgan fingerprint density at radius 1 is 1.29 bits per heavy atom. The first-order valence-electron chi connectivity index (χ1n) is 5.10. The van der Waals surface area contributed by atoms with Crippen LogP contribution in [0.5, 0.6) is 0 Å². The lowest BCUT2D eigenvalue weighted by atomic mass is 9.66. The van der Waals surface area contributed by atoms with Crippen molar-refractivity contribution in [3.63, 3.8) is 0 Å². The van der Waals surface area contributed by atoms with Gasteiger partial charge in [-0.3, -0.25) is 0 Å². The first-order chi connectivity index (χ1) is 6.76. The van der Waals surface area contributed by atoms with Gasteiger partial charge < -0.3 is 5.11 Å². The molecule has 76 valence electrons. The number of hydrogen-bond donors (Lipinski definition) is 1. The minimum atomic E-state index is 0.130. The van der Waals surface area contributed by atoms with Crippen molar-refractivity contribution in [1.82, 2.24) is 0 Å². The largest absolute Gasteiger partial charge is 0.396 e. The number of aliphatic hydroxyl groups is 1. The van der Waals surface area contributed by atoms with Gasteiger partial charge in [-0.25, -0.2) is 0 Å². The lowest BCUT2D eigenvalue weighted by molar-refractivity contribution is 0.0450. The average Bonchev–Trinajstić information content (AvgIpc) is 2.14. The molecule has 0 aromatic heterocycles. The van der Waals surface area contributed by atoms with Gasteiger partial charge in [-0.15, -0.1) is 0 Å². The third kappa shape index (κ3) is 1.79. The SMILES string of the molecule is OCC1(Cc2ccccc2Cl)CCC1. The highest BCUT2D eigenvalue weighted by atomic mass is 35.5. The summed E-state index contributed by atoms with van der Waals surface area (Å²) in [6.07, 6.45) is 4.43. The molecule has 0 radical (unpaired) electrons. The van der Waals surface area contributed by atoms with Crippen molar-refractivity contribution in [2.45, 2.75) is 25.7 Å². The number of halogens is 1. The molecule has 1 aromatic carbocycles. The van der Waals surface area contributed by atoms with Crippen LogP contribution in [0.2, 0.25) is 5.02 Å². The number of hydrogen-bond acceptors (Lipinski definition) is 1. The first-order valence-corrected chi connectivity index (χ1v) is 5.48. The molecular formula is C12H15ClO. The van der Waals surface area contributed by atoms with Crippen molar-refractivity contribution in [3.8, 4) is 0 Å². The molecule has 1 aliphatic rings. The van der Waals surface area contributed by atoms with E-state index in [2.05, 4.69) is 6.07 Å². The second kappa shape index (κ2) is 3.92. The standard InChI is InChI=1S/C12H15ClO/c13-11-5-2-1-4-10(11)8-12(9-14)6-3-7-12/h1-2,4-5,14H,3,6-9H2. The molecule has 0 amide bonds. The molecule has 0 unspecified atom stereocenters. The summed E-state index contributed by atoms with van der Waals surface area (Å²) in [4.78, 5) is 0. The summed E-state index contributed by atoms with van der Waals surface area (Å²) in [6.45, 7) is 0.290. The number of benzene rings is 1. The van der Waals surface area contributed by atoms with Crippen molar-refractivity contribution in [3.05, 3.63) is 34.9 Å². The molecule has 0 aliphatic heterocycles. The van der Waals surface area contributed by atoms with Gasteiger partial charge in [0.2, 0.25) is 0 Å². The Hall–Kier alpha value is -0.530. The van der Waals surface area contributed by atoms with E-state index in [-0.39, 0.29) is 12.0 Å². The third-order valence-electron chi connectivity index (χ3n) is 3.27. The van der Waals surface area contributed by atoms with E-state index in [4.69, 9.17) is 11.6 Å². The fourth-order valence-corrected chi connectivity index (χ4v) is 2.32. The van der Waals surface area contributed by atoms with Crippen LogP contribution in [-0.4, -0.2) is 11.7 Å². The summed E-state index contributed by atoms with van der Waals surface area (Å²) in [5.41, 5.74) is 1.30. The Morgan fingerprint density at radius 2 is 2.00 bits per heavy atom. The summed E-state index contributed by atoms with van der Waals surface area (Å²) in [7, 11) is 0.